The lowest BCUT2D eigenvalue weighted by Gasteiger charge is -2.20. The van der Waals surface area contributed by atoms with Gasteiger partial charge in [0.1, 0.15) is 0 Å². The molecule has 2 N–H and O–H groups in total. The van der Waals surface area contributed by atoms with Crippen LogP contribution in [0.15, 0.2) is 18.5 Å². The molecule has 6 heteroatoms. The second-order valence-electron chi connectivity index (χ2n) is 4.78. The molecule has 0 saturated carbocycles. The largest absolute Gasteiger partial charge is 0.383 e. The Kier molecular flexibility index (Phi) is 4.92. The predicted molar refractivity (Wildman–Crippen MR) is 76.5 cm³/mol. The number of carbonyl (C=O) groups excluding carboxylic acids is 2. The molecular weight excluding hydrogens is 256 g/mol. The topological polar surface area (TPSA) is 74.3 Å². The van der Waals surface area contributed by atoms with Gasteiger partial charge in [0.2, 0.25) is 5.91 Å². The minimum absolute atomic E-state index is 0.104. The van der Waals surface area contributed by atoms with Gasteiger partial charge in [-0.1, -0.05) is 6.92 Å². The minimum atomic E-state index is -0.122. The van der Waals surface area contributed by atoms with Gasteiger partial charge in [0.15, 0.2) is 0 Å². The van der Waals surface area contributed by atoms with Gasteiger partial charge >= 0.3 is 0 Å². The molecule has 108 valence electrons. The highest BCUT2D eigenvalue weighted by Crippen LogP contribution is 2.16. The maximum atomic E-state index is 12.6. The number of hydrogen-bond donors (Lipinski definition) is 2. The van der Waals surface area contributed by atoms with Crippen molar-refractivity contribution in [2.45, 2.75) is 19.8 Å². The predicted octanol–water partition coefficient (Wildman–Crippen LogP) is 0.866. The number of hydrogen-bond acceptors (Lipinski definition) is 4. The molecule has 1 aliphatic heterocycles. The summed E-state index contributed by atoms with van der Waals surface area (Å²) in [6.07, 6.45) is 5.00. The highest BCUT2D eigenvalue weighted by molar-refractivity contribution is 6.01. The Morgan fingerprint density at radius 3 is 3.20 bits per heavy atom. The molecule has 0 atom stereocenters. The van der Waals surface area contributed by atoms with Crippen LogP contribution in [0.5, 0.6) is 0 Å². The average Bonchev–Trinajstić information content (AvgIpc) is 2.69. The number of carbonyl (C=O) groups is 2. The third-order valence-electron chi connectivity index (χ3n) is 3.17. The van der Waals surface area contributed by atoms with Gasteiger partial charge in [-0.05, 0) is 18.9 Å². The Bertz CT molecular complexity index is 490. The summed E-state index contributed by atoms with van der Waals surface area (Å²) in [6, 6.07) is 1.70. The van der Waals surface area contributed by atoms with Crippen molar-refractivity contribution in [1.82, 2.24) is 15.2 Å². The molecule has 2 heterocycles. The number of nitrogens with zero attached hydrogens (tertiary/aromatic N) is 2. The van der Waals surface area contributed by atoms with Gasteiger partial charge in [-0.2, -0.15) is 0 Å². The van der Waals surface area contributed by atoms with Crippen molar-refractivity contribution in [3.05, 3.63) is 24.0 Å². The van der Waals surface area contributed by atoms with Crippen LogP contribution in [0, 0.1) is 0 Å². The third-order valence-corrected chi connectivity index (χ3v) is 3.17. The van der Waals surface area contributed by atoms with Crippen molar-refractivity contribution < 1.29 is 9.59 Å². The summed E-state index contributed by atoms with van der Waals surface area (Å²) in [5, 5.41) is 5.97. The molecule has 20 heavy (non-hydrogen) atoms. The van der Waals surface area contributed by atoms with E-state index in [9.17, 15) is 9.59 Å². The van der Waals surface area contributed by atoms with E-state index in [4.69, 9.17) is 0 Å². The van der Waals surface area contributed by atoms with Gasteiger partial charge < -0.3 is 15.5 Å². The molecule has 1 saturated heterocycles. The molecule has 0 unspecified atom stereocenters. The van der Waals surface area contributed by atoms with Crippen LogP contribution in [-0.2, 0) is 4.79 Å². The van der Waals surface area contributed by atoms with Crippen LogP contribution in [0.4, 0.5) is 5.69 Å². The molecule has 0 radical (unpaired) electrons. The molecule has 1 aromatic heterocycles. The van der Waals surface area contributed by atoms with Crippen LogP contribution < -0.4 is 10.6 Å². The first-order valence-corrected chi connectivity index (χ1v) is 6.96. The number of pyridine rings is 1. The third kappa shape index (κ3) is 3.46. The zero-order chi connectivity index (χ0) is 14.4. The maximum Gasteiger partial charge on any atom is 0.256 e. The second-order valence-corrected chi connectivity index (χ2v) is 4.78. The molecule has 0 spiro atoms. The van der Waals surface area contributed by atoms with Gasteiger partial charge in [0.25, 0.3) is 5.91 Å². The van der Waals surface area contributed by atoms with Crippen molar-refractivity contribution in [2.75, 3.05) is 31.5 Å². The molecule has 2 amide bonds. The van der Waals surface area contributed by atoms with Crippen LogP contribution in [0.2, 0.25) is 0 Å². The lowest BCUT2D eigenvalue weighted by Crippen LogP contribution is -2.37. The molecule has 2 rings (SSSR count). The highest BCUT2D eigenvalue weighted by Gasteiger charge is 2.22. The SMILES string of the molecule is CCCNc1cnccc1C(=O)N1CCCNC(=O)C1. The summed E-state index contributed by atoms with van der Waals surface area (Å²) in [5.74, 6) is -0.226. The standard InChI is InChI=1S/C14H20N4O2/c1-2-5-16-12-9-15-7-4-11(12)14(20)18-8-3-6-17-13(19)10-18/h4,7,9,16H,2-3,5-6,8,10H2,1H3,(H,17,19). The average molecular weight is 276 g/mol. The van der Waals surface area contributed by atoms with Crippen LogP contribution in [0.25, 0.3) is 0 Å². The molecule has 1 fully saturated rings. The first-order valence-electron chi connectivity index (χ1n) is 6.96. The number of nitrogens with one attached hydrogen (secondary N) is 2. The van der Waals surface area contributed by atoms with Crippen LogP contribution >= 0.6 is 0 Å². The second kappa shape index (κ2) is 6.88. The normalized spacial score (nSPS) is 15.4. The fourth-order valence-corrected chi connectivity index (χ4v) is 2.13. The lowest BCUT2D eigenvalue weighted by atomic mass is 10.2. The van der Waals surface area contributed by atoms with E-state index in [-0.39, 0.29) is 18.4 Å². The van der Waals surface area contributed by atoms with Crippen LogP contribution in [0.3, 0.4) is 0 Å². The van der Waals surface area contributed by atoms with Crippen LogP contribution in [0.1, 0.15) is 30.1 Å². The van der Waals surface area contributed by atoms with E-state index in [1.807, 2.05) is 0 Å². The molecule has 1 aromatic rings. The quantitative estimate of drug-likeness (QED) is 0.855. The Morgan fingerprint density at radius 1 is 1.55 bits per heavy atom. The maximum absolute atomic E-state index is 12.6. The molecule has 1 aliphatic rings. The van der Waals surface area contributed by atoms with Crippen molar-refractivity contribution in [1.29, 1.82) is 0 Å². The van der Waals surface area contributed by atoms with E-state index in [1.165, 1.54) is 0 Å². The fraction of sp³-hybridized carbons (Fsp3) is 0.500. The molecule has 0 aliphatic carbocycles. The van der Waals surface area contributed by atoms with E-state index in [2.05, 4.69) is 22.5 Å². The molecule has 6 nitrogen and oxygen atoms in total. The number of rotatable bonds is 4. The van der Waals surface area contributed by atoms with Gasteiger partial charge in [0.05, 0.1) is 24.0 Å². The Morgan fingerprint density at radius 2 is 2.40 bits per heavy atom. The van der Waals surface area contributed by atoms with E-state index in [0.29, 0.717) is 18.7 Å². The van der Waals surface area contributed by atoms with Gasteiger partial charge in [-0.15, -0.1) is 0 Å². The summed E-state index contributed by atoms with van der Waals surface area (Å²) in [5.41, 5.74) is 1.30. The van der Waals surface area contributed by atoms with Crippen molar-refractivity contribution in [3.63, 3.8) is 0 Å². The Hall–Kier alpha value is -2.11. The van der Waals surface area contributed by atoms with Crippen LogP contribution in [-0.4, -0.2) is 47.9 Å². The van der Waals surface area contributed by atoms with Crippen molar-refractivity contribution >= 4 is 17.5 Å². The van der Waals surface area contributed by atoms with Gasteiger partial charge in [0, 0.05) is 25.8 Å². The fourth-order valence-electron chi connectivity index (χ4n) is 2.13. The van der Waals surface area contributed by atoms with Crippen molar-refractivity contribution in [2.24, 2.45) is 0 Å². The minimum Gasteiger partial charge on any atom is -0.383 e. The molecule has 0 bridgehead atoms. The highest BCUT2D eigenvalue weighted by atomic mass is 16.2. The molecular formula is C14H20N4O2. The lowest BCUT2D eigenvalue weighted by molar-refractivity contribution is -0.121. The number of amides is 2. The molecule has 0 aromatic carbocycles. The summed E-state index contributed by atoms with van der Waals surface area (Å²) in [6.45, 7) is 4.18. The Balaban J connectivity index is 2.17. The van der Waals surface area contributed by atoms with E-state index in [1.54, 1.807) is 23.4 Å². The number of aromatic nitrogens is 1. The monoisotopic (exact) mass is 276 g/mol. The summed E-state index contributed by atoms with van der Waals surface area (Å²) in [4.78, 5) is 29.8. The summed E-state index contributed by atoms with van der Waals surface area (Å²) < 4.78 is 0. The van der Waals surface area contributed by atoms with Crippen molar-refractivity contribution in [3.8, 4) is 0 Å². The van der Waals surface area contributed by atoms with Gasteiger partial charge in [-0.25, -0.2) is 0 Å². The smallest absolute Gasteiger partial charge is 0.256 e. The van der Waals surface area contributed by atoms with E-state index < -0.39 is 0 Å². The zero-order valence-electron chi connectivity index (χ0n) is 11.7. The Labute approximate surface area is 118 Å². The summed E-state index contributed by atoms with van der Waals surface area (Å²) >= 11 is 0. The van der Waals surface area contributed by atoms with Gasteiger partial charge in [-0.3, -0.25) is 14.6 Å². The first kappa shape index (κ1) is 14.3. The zero-order valence-corrected chi connectivity index (χ0v) is 11.7. The summed E-state index contributed by atoms with van der Waals surface area (Å²) in [7, 11) is 0. The first-order chi connectivity index (χ1) is 9.72. The van der Waals surface area contributed by atoms with E-state index >= 15 is 0 Å². The van der Waals surface area contributed by atoms with E-state index in [0.717, 1.165) is 25.1 Å². The number of anilines is 1.